The first-order chi connectivity index (χ1) is 10.1. The lowest BCUT2D eigenvalue weighted by atomic mass is 9.79. The Bertz CT molecular complexity index is 508. The topological polar surface area (TPSA) is 73.3 Å². The summed E-state index contributed by atoms with van der Waals surface area (Å²) in [7, 11) is 0. The Kier molecular flexibility index (Phi) is 4.66. The van der Waals surface area contributed by atoms with Gasteiger partial charge in [0.05, 0.1) is 11.6 Å². The first kappa shape index (κ1) is 15.4. The Morgan fingerprint density at radius 3 is 3.00 bits per heavy atom. The van der Waals surface area contributed by atoms with Gasteiger partial charge in [0.1, 0.15) is 0 Å². The molecule has 4 nitrogen and oxygen atoms in total. The number of hydrazine groups is 1. The van der Waals surface area contributed by atoms with Crippen LogP contribution in [0, 0.1) is 5.92 Å². The lowest BCUT2D eigenvalue weighted by molar-refractivity contribution is -0.0854. The van der Waals surface area contributed by atoms with E-state index in [2.05, 4.69) is 5.43 Å². The number of hydrogen-bond acceptors (Lipinski definition) is 5. The van der Waals surface area contributed by atoms with Gasteiger partial charge in [0, 0.05) is 23.1 Å². The van der Waals surface area contributed by atoms with E-state index in [4.69, 9.17) is 27.9 Å². The van der Waals surface area contributed by atoms with Gasteiger partial charge < -0.3 is 10.5 Å². The zero-order chi connectivity index (χ0) is 14.9. The summed E-state index contributed by atoms with van der Waals surface area (Å²) in [5.74, 6) is 8.57. The molecule has 2 fully saturated rings. The lowest BCUT2D eigenvalue weighted by Crippen LogP contribution is -2.45. The normalized spacial score (nSPS) is 30.7. The van der Waals surface area contributed by atoms with Crippen LogP contribution in [0.25, 0.3) is 0 Å². The number of ether oxygens (including phenoxy) is 1. The summed E-state index contributed by atoms with van der Waals surface area (Å²) < 4.78 is 6.09. The van der Waals surface area contributed by atoms with E-state index in [9.17, 15) is 0 Å². The van der Waals surface area contributed by atoms with E-state index in [0.717, 1.165) is 37.2 Å². The summed E-state index contributed by atoms with van der Waals surface area (Å²) in [4.78, 5) is 0. The Balaban J connectivity index is 1.82. The van der Waals surface area contributed by atoms with Crippen LogP contribution in [0.15, 0.2) is 18.2 Å². The summed E-state index contributed by atoms with van der Waals surface area (Å²) in [6.45, 7) is 0.802. The minimum absolute atomic E-state index is 0.0455. The van der Waals surface area contributed by atoms with E-state index in [1.54, 1.807) is 6.07 Å². The van der Waals surface area contributed by atoms with Gasteiger partial charge in [0.15, 0.2) is 0 Å². The maximum Gasteiger partial charge on any atom is 0.0783 e. The van der Waals surface area contributed by atoms with Crippen LogP contribution >= 0.6 is 23.4 Å². The lowest BCUT2D eigenvalue weighted by Gasteiger charge is -2.41. The molecule has 0 saturated carbocycles. The number of halogens is 1. The fraction of sp³-hybridized carbons (Fsp3) is 0.600. The van der Waals surface area contributed by atoms with Crippen molar-refractivity contribution in [2.75, 3.05) is 23.8 Å². The summed E-state index contributed by atoms with van der Waals surface area (Å²) >= 11 is 7.98. The zero-order valence-corrected chi connectivity index (χ0v) is 13.6. The predicted octanol–water partition coefficient (Wildman–Crippen LogP) is 2.73. The molecule has 2 aliphatic rings. The van der Waals surface area contributed by atoms with Crippen LogP contribution in [0.2, 0.25) is 5.02 Å². The van der Waals surface area contributed by atoms with Crippen molar-refractivity contribution >= 4 is 29.1 Å². The molecule has 3 rings (SSSR count). The number of nitrogen functional groups attached to an aromatic ring is 1. The van der Waals surface area contributed by atoms with E-state index in [1.165, 1.54) is 5.75 Å². The number of thioether (sulfide) groups is 1. The molecule has 3 atom stereocenters. The van der Waals surface area contributed by atoms with Crippen molar-refractivity contribution in [2.24, 2.45) is 11.8 Å². The summed E-state index contributed by atoms with van der Waals surface area (Å²) in [5.41, 5.74) is 10.9. The van der Waals surface area contributed by atoms with Crippen molar-refractivity contribution in [3.8, 4) is 0 Å². The van der Waals surface area contributed by atoms with E-state index >= 15 is 0 Å². The van der Waals surface area contributed by atoms with Gasteiger partial charge in [-0.25, -0.2) is 0 Å². The minimum atomic E-state index is 0.0455. The molecule has 0 aliphatic carbocycles. The highest BCUT2D eigenvalue weighted by molar-refractivity contribution is 7.99. The van der Waals surface area contributed by atoms with E-state index in [0.29, 0.717) is 16.6 Å². The molecule has 21 heavy (non-hydrogen) atoms. The second-order valence-electron chi connectivity index (χ2n) is 6.00. The molecule has 2 heterocycles. The van der Waals surface area contributed by atoms with E-state index in [1.807, 2.05) is 23.9 Å². The Morgan fingerprint density at radius 1 is 1.48 bits per heavy atom. The highest BCUT2D eigenvalue weighted by Crippen LogP contribution is 2.44. The van der Waals surface area contributed by atoms with Gasteiger partial charge in [-0.15, -0.1) is 0 Å². The van der Waals surface area contributed by atoms with Crippen molar-refractivity contribution in [2.45, 2.75) is 30.9 Å². The molecule has 2 aliphatic heterocycles. The molecule has 1 aromatic rings. The van der Waals surface area contributed by atoms with Crippen molar-refractivity contribution < 1.29 is 4.74 Å². The van der Waals surface area contributed by atoms with Crippen LogP contribution in [0.4, 0.5) is 5.69 Å². The van der Waals surface area contributed by atoms with Gasteiger partial charge in [-0.2, -0.15) is 11.8 Å². The SMILES string of the molecule is NNC(c1ccc(Cl)cc1N)C1CCOC2(CCSC2)C1. The molecule has 5 N–H and O–H groups in total. The molecule has 1 spiro atoms. The number of benzene rings is 1. The van der Waals surface area contributed by atoms with Crippen LogP contribution < -0.4 is 17.0 Å². The van der Waals surface area contributed by atoms with Crippen molar-refractivity contribution in [3.05, 3.63) is 28.8 Å². The predicted molar refractivity (Wildman–Crippen MR) is 89.3 cm³/mol. The molecule has 0 aromatic heterocycles. The van der Waals surface area contributed by atoms with Gasteiger partial charge in [-0.1, -0.05) is 17.7 Å². The average Bonchev–Trinajstić information content (AvgIpc) is 2.90. The van der Waals surface area contributed by atoms with Gasteiger partial charge in [-0.3, -0.25) is 11.3 Å². The molecular formula is C15H22ClN3OS. The summed E-state index contributed by atoms with van der Waals surface area (Å²) in [6.07, 6.45) is 3.18. The Labute approximate surface area is 134 Å². The maximum atomic E-state index is 6.13. The number of hydrogen-bond donors (Lipinski definition) is 3. The number of nitrogens with two attached hydrogens (primary N) is 2. The third kappa shape index (κ3) is 3.17. The minimum Gasteiger partial charge on any atom is -0.398 e. The van der Waals surface area contributed by atoms with E-state index in [-0.39, 0.29) is 11.6 Å². The number of nitrogens with one attached hydrogen (secondary N) is 1. The summed E-state index contributed by atoms with van der Waals surface area (Å²) in [5, 5.41) is 0.655. The molecular weight excluding hydrogens is 306 g/mol. The van der Waals surface area contributed by atoms with E-state index < -0.39 is 0 Å². The van der Waals surface area contributed by atoms with Crippen molar-refractivity contribution in [3.63, 3.8) is 0 Å². The monoisotopic (exact) mass is 327 g/mol. The second kappa shape index (κ2) is 6.34. The third-order valence-corrected chi connectivity index (χ3v) is 6.09. The van der Waals surface area contributed by atoms with Gasteiger partial charge in [-0.05, 0) is 48.6 Å². The first-order valence-electron chi connectivity index (χ1n) is 7.36. The molecule has 1 aromatic carbocycles. The van der Waals surface area contributed by atoms with Crippen LogP contribution in [0.5, 0.6) is 0 Å². The molecule has 0 amide bonds. The molecule has 6 heteroatoms. The standard InChI is InChI=1S/C15H22ClN3OS/c16-11-1-2-12(13(17)7-11)14(19-18)10-3-5-20-15(8-10)4-6-21-9-15/h1-2,7,10,14,19H,3-6,8-9,17-18H2. The fourth-order valence-electron chi connectivity index (χ4n) is 3.52. The average molecular weight is 328 g/mol. The second-order valence-corrected chi connectivity index (χ2v) is 7.55. The first-order valence-corrected chi connectivity index (χ1v) is 8.90. The molecule has 2 saturated heterocycles. The van der Waals surface area contributed by atoms with Crippen LogP contribution in [0.1, 0.15) is 30.9 Å². The molecule has 0 radical (unpaired) electrons. The number of rotatable bonds is 3. The molecule has 116 valence electrons. The highest BCUT2D eigenvalue weighted by atomic mass is 35.5. The molecule has 0 bridgehead atoms. The Hall–Kier alpha value is -0.460. The van der Waals surface area contributed by atoms with Crippen LogP contribution in [0.3, 0.4) is 0 Å². The molecule has 3 unspecified atom stereocenters. The van der Waals surface area contributed by atoms with Gasteiger partial charge in [0.2, 0.25) is 0 Å². The zero-order valence-electron chi connectivity index (χ0n) is 12.0. The maximum absolute atomic E-state index is 6.13. The van der Waals surface area contributed by atoms with Crippen molar-refractivity contribution in [1.29, 1.82) is 0 Å². The smallest absolute Gasteiger partial charge is 0.0783 e. The quantitative estimate of drug-likeness (QED) is 0.452. The third-order valence-electron chi connectivity index (χ3n) is 4.63. The van der Waals surface area contributed by atoms with Gasteiger partial charge in [0.25, 0.3) is 0 Å². The number of anilines is 1. The largest absolute Gasteiger partial charge is 0.398 e. The van der Waals surface area contributed by atoms with Gasteiger partial charge >= 0.3 is 0 Å². The highest BCUT2D eigenvalue weighted by Gasteiger charge is 2.42. The van der Waals surface area contributed by atoms with Crippen molar-refractivity contribution in [1.82, 2.24) is 5.43 Å². The fourth-order valence-corrected chi connectivity index (χ4v) is 5.08. The van der Waals surface area contributed by atoms with Crippen LogP contribution in [-0.4, -0.2) is 23.7 Å². The Morgan fingerprint density at radius 2 is 2.33 bits per heavy atom. The summed E-state index contributed by atoms with van der Waals surface area (Å²) in [6, 6.07) is 5.70. The van der Waals surface area contributed by atoms with Crippen LogP contribution in [-0.2, 0) is 4.74 Å².